The van der Waals surface area contributed by atoms with Gasteiger partial charge in [0.25, 0.3) is 0 Å². The Morgan fingerprint density at radius 2 is 1.79 bits per heavy atom. The van der Waals surface area contributed by atoms with Gasteiger partial charge in [0.15, 0.2) is 6.61 Å². The lowest BCUT2D eigenvalue weighted by molar-refractivity contribution is -0.145. The standard InChI is InChI=1S/C22H22ClNO5/c1-4-27-20(25)13-29-17-9-10-19-18(12-17)21(22(26)28-5-2)14(3)24(19)16-8-6-7-15(23)11-16/h6-12H,4-5,13H2,1-3H3. The summed E-state index contributed by atoms with van der Waals surface area (Å²) in [5.74, 6) is -0.413. The highest BCUT2D eigenvalue weighted by Crippen LogP contribution is 2.33. The molecule has 7 heteroatoms. The van der Waals surface area contributed by atoms with Crippen molar-refractivity contribution in [1.29, 1.82) is 0 Å². The molecule has 0 aliphatic carbocycles. The number of halogens is 1. The van der Waals surface area contributed by atoms with Crippen molar-refractivity contribution < 1.29 is 23.8 Å². The number of hydrogen-bond donors (Lipinski definition) is 0. The Kier molecular flexibility index (Phi) is 6.44. The summed E-state index contributed by atoms with van der Waals surface area (Å²) in [6.45, 7) is 5.69. The van der Waals surface area contributed by atoms with Crippen molar-refractivity contribution in [3.8, 4) is 11.4 Å². The van der Waals surface area contributed by atoms with Crippen LogP contribution >= 0.6 is 11.6 Å². The van der Waals surface area contributed by atoms with Gasteiger partial charge >= 0.3 is 11.9 Å². The van der Waals surface area contributed by atoms with Crippen LogP contribution in [0.3, 0.4) is 0 Å². The summed E-state index contributed by atoms with van der Waals surface area (Å²) in [6, 6.07) is 12.7. The molecule has 0 saturated heterocycles. The van der Waals surface area contributed by atoms with Gasteiger partial charge in [-0.05, 0) is 57.2 Å². The first kappa shape index (κ1) is 20.7. The van der Waals surface area contributed by atoms with Crippen LogP contribution in [0, 0.1) is 6.92 Å². The van der Waals surface area contributed by atoms with Crippen LogP contribution in [0.2, 0.25) is 5.02 Å². The van der Waals surface area contributed by atoms with Crippen molar-refractivity contribution in [1.82, 2.24) is 4.57 Å². The van der Waals surface area contributed by atoms with Gasteiger partial charge in [0.05, 0.1) is 24.3 Å². The van der Waals surface area contributed by atoms with E-state index in [1.165, 1.54) is 0 Å². The van der Waals surface area contributed by atoms with E-state index in [4.69, 9.17) is 25.8 Å². The molecule has 0 spiro atoms. The Morgan fingerprint density at radius 3 is 2.48 bits per heavy atom. The predicted octanol–water partition coefficient (Wildman–Crippen LogP) is 4.71. The van der Waals surface area contributed by atoms with Gasteiger partial charge in [0.1, 0.15) is 5.75 Å². The summed E-state index contributed by atoms with van der Waals surface area (Å²) in [6.07, 6.45) is 0. The molecule has 0 atom stereocenters. The normalized spacial score (nSPS) is 10.8. The minimum Gasteiger partial charge on any atom is -0.482 e. The zero-order chi connectivity index (χ0) is 21.0. The molecule has 0 saturated carbocycles. The van der Waals surface area contributed by atoms with Crippen LogP contribution in [0.5, 0.6) is 5.75 Å². The van der Waals surface area contributed by atoms with Crippen LogP contribution in [0.4, 0.5) is 0 Å². The van der Waals surface area contributed by atoms with Crippen molar-refractivity contribution in [3.63, 3.8) is 0 Å². The van der Waals surface area contributed by atoms with Crippen molar-refractivity contribution in [2.45, 2.75) is 20.8 Å². The molecular weight excluding hydrogens is 394 g/mol. The Hall–Kier alpha value is -2.99. The first-order chi connectivity index (χ1) is 14.0. The van der Waals surface area contributed by atoms with E-state index in [2.05, 4.69) is 0 Å². The van der Waals surface area contributed by atoms with Crippen molar-refractivity contribution in [2.75, 3.05) is 19.8 Å². The molecule has 0 N–H and O–H groups in total. The highest BCUT2D eigenvalue weighted by atomic mass is 35.5. The molecule has 0 unspecified atom stereocenters. The molecule has 3 rings (SSSR count). The van der Waals surface area contributed by atoms with Crippen LogP contribution in [0.15, 0.2) is 42.5 Å². The van der Waals surface area contributed by atoms with Gasteiger partial charge in [-0.2, -0.15) is 0 Å². The fourth-order valence-electron chi connectivity index (χ4n) is 3.24. The second kappa shape index (κ2) is 9.01. The fraction of sp³-hybridized carbons (Fsp3) is 0.273. The van der Waals surface area contributed by atoms with E-state index < -0.39 is 11.9 Å². The van der Waals surface area contributed by atoms with Crippen LogP contribution < -0.4 is 4.74 Å². The molecule has 0 aliphatic heterocycles. The predicted molar refractivity (Wildman–Crippen MR) is 111 cm³/mol. The fourth-order valence-corrected chi connectivity index (χ4v) is 3.43. The maximum absolute atomic E-state index is 12.7. The third-order valence-corrected chi connectivity index (χ3v) is 4.62. The number of aromatic nitrogens is 1. The zero-order valence-electron chi connectivity index (χ0n) is 16.5. The van der Waals surface area contributed by atoms with Gasteiger partial charge < -0.3 is 18.8 Å². The van der Waals surface area contributed by atoms with Crippen LogP contribution in [-0.2, 0) is 14.3 Å². The number of nitrogens with zero attached hydrogens (tertiary/aromatic N) is 1. The quantitative estimate of drug-likeness (QED) is 0.523. The minimum absolute atomic E-state index is 0.206. The smallest absolute Gasteiger partial charge is 0.344 e. The maximum Gasteiger partial charge on any atom is 0.344 e. The third-order valence-electron chi connectivity index (χ3n) is 4.38. The van der Waals surface area contributed by atoms with Crippen molar-refractivity contribution in [2.24, 2.45) is 0 Å². The van der Waals surface area contributed by atoms with Crippen LogP contribution in [-0.4, -0.2) is 36.3 Å². The number of esters is 2. The highest BCUT2D eigenvalue weighted by molar-refractivity contribution is 6.30. The molecule has 0 radical (unpaired) electrons. The van der Waals surface area contributed by atoms with E-state index in [9.17, 15) is 9.59 Å². The monoisotopic (exact) mass is 415 g/mol. The van der Waals surface area contributed by atoms with Gasteiger partial charge in [-0.25, -0.2) is 9.59 Å². The molecule has 1 aromatic heterocycles. The van der Waals surface area contributed by atoms with Crippen LogP contribution in [0.1, 0.15) is 29.9 Å². The molecule has 0 aliphatic rings. The van der Waals surface area contributed by atoms with E-state index in [0.29, 0.717) is 21.7 Å². The van der Waals surface area contributed by atoms with E-state index in [1.54, 1.807) is 32.0 Å². The van der Waals surface area contributed by atoms with E-state index in [-0.39, 0.29) is 19.8 Å². The van der Waals surface area contributed by atoms with E-state index in [1.807, 2.05) is 35.8 Å². The lowest BCUT2D eigenvalue weighted by Gasteiger charge is -2.10. The van der Waals surface area contributed by atoms with Crippen LogP contribution in [0.25, 0.3) is 16.6 Å². The van der Waals surface area contributed by atoms with Gasteiger partial charge in [-0.1, -0.05) is 17.7 Å². The Bertz CT molecular complexity index is 1060. The van der Waals surface area contributed by atoms with Crippen molar-refractivity contribution >= 4 is 34.4 Å². The SMILES string of the molecule is CCOC(=O)COc1ccc2c(c1)c(C(=O)OCC)c(C)n2-c1cccc(Cl)c1. The summed E-state index contributed by atoms with van der Waals surface area (Å²) < 4.78 is 17.6. The number of carbonyl (C=O) groups excluding carboxylic acids is 2. The molecule has 1 heterocycles. The van der Waals surface area contributed by atoms with Gasteiger partial charge in [-0.15, -0.1) is 0 Å². The summed E-state index contributed by atoms with van der Waals surface area (Å²) in [5, 5.41) is 1.26. The minimum atomic E-state index is -0.453. The summed E-state index contributed by atoms with van der Waals surface area (Å²) >= 11 is 6.17. The lowest BCUT2D eigenvalue weighted by Crippen LogP contribution is -2.14. The number of ether oxygens (including phenoxy) is 3. The average molecular weight is 416 g/mol. The van der Waals surface area contributed by atoms with Gasteiger partial charge in [-0.3, -0.25) is 0 Å². The van der Waals surface area contributed by atoms with Gasteiger partial charge in [0.2, 0.25) is 0 Å². The zero-order valence-corrected chi connectivity index (χ0v) is 17.3. The molecule has 29 heavy (non-hydrogen) atoms. The molecule has 0 bridgehead atoms. The summed E-state index contributed by atoms with van der Waals surface area (Å²) in [4.78, 5) is 24.3. The second-order valence-corrected chi connectivity index (χ2v) is 6.71. The molecular formula is C22H22ClNO5. The highest BCUT2D eigenvalue weighted by Gasteiger charge is 2.22. The van der Waals surface area contributed by atoms with Gasteiger partial charge in [0, 0.05) is 21.8 Å². The number of benzene rings is 2. The first-order valence-corrected chi connectivity index (χ1v) is 9.70. The lowest BCUT2D eigenvalue weighted by atomic mass is 10.1. The largest absolute Gasteiger partial charge is 0.482 e. The number of rotatable bonds is 7. The number of hydrogen-bond acceptors (Lipinski definition) is 5. The molecule has 6 nitrogen and oxygen atoms in total. The molecule has 152 valence electrons. The third kappa shape index (κ3) is 4.38. The number of fused-ring (bicyclic) bond motifs is 1. The Labute approximate surface area is 173 Å². The second-order valence-electron chi connectivity index (χ2n) is 6.27. The number of carbonyl (C=O) groups is 2. The topological polar surface area (TPSA) is 66.8 Å². The molecule has 2 aromatic carbocycles. The Morgan fingerprint density at radius 1 is 1.03 bits per heavy atom. The summed E-state index contributed by atoms with van der Waals surface area (Å²) in [5.41, 5.74) is 2.80. The molecule has 0 amide bonds. The van der Waals surface area contributed by atoms with E-state index in [0.717, 1.165) is 16.9 Å². The first-order valence-electron chi connectivity index (χ1n) is 9.32. The Balaban J connectivity index is 2.11. The molecule has 3 aromatic rings. The van der Waals surface area contributed by atoms with Crippen molar-refractivity contribution in [3.05, 3.63) is 58.7 Å². The average Bonchev–Trinajstić information content (AvgIpc) is 2.98. The maximum atomic E-state index is 12.7. The summed E-state index contributed by atoms with van der Waals surface area (Å²) in [7, 11) is 0. The van der Waals surface area contributed by atoms with E-state index >= 15 is 0 Å². The molecule has 0 fully saturated rings.